The molecular formula is C5H7Bi. The summed E-state index contributed by atoms with van der Waals surface area (Å²) in [5.41, 5.74) is 0. The number of rotatable bonds is 0. The van der Waals surface area contributed by atoms with Gasteiger partial charge in [0.1, 0.15) is 0 Å². The first-order valence-corrected chi connectivity index (χ1v) is 6.18. The molecule has 0 saturated carbocycles. The molecule has 1 aliphatic rings. The van der Waals surface area contributed by atoms with E-state index in [4.69, 9.17) is 0 Å². The Bertz CT molecular complexity index is 101. The van der Waals surface area contributed by atoms with Crippen LogP contribution in [0.15, 0.2) is 19.2 Å². The van der Waals surface area contributed by atoms with Crippen LogP contribution in [-0.4, -0.2) is 23.2 Å². The van der Waals surface area contributed by atoms with Crippen LogP contribution in [0.2, 0.25) is 0 Å². The molecule has 0 amide bonds. The summed E-state index contributed by atoms with van der Waals surface area (Å²) < 4.78 is 4.02. The second-order valence-electron chi connectivity index (χ2n) is 1.35. The SMILES string of the molecule is C[C]1=CC=[CH][BiH]1. The van der Waals surface area contributed by atoms with Crippen molar-refractivity contribution in [2.45, 2.75) is 6.92 Å². The maximum absolute atomic E-state index is 2.36. The molecule has 32 valence electrons. The molecule has 0 aromatic heterocycles. The van der Waals surface area contributed by atoms with Crippen molar-refractivity contribution in [3.05, 3.63) is 19.2 Å². The second-order valence-corrected chi connectivity index (χ2v) is 6.84. The van der Waals surface area contributed by atoms with Crippen LogP contribution >= 0.6 is 0 Å². The van der Waals surface area contributed by atoms with Crippen LogP contribution in [-0.2, 0) is 0 Å². The van der Waals surface area contributed by atoms with Gasteiger partial charge in [0, 0.05) is 0 Å². The third kappa shape index (κ3) is 0.910. The topological polar surface area (TPSA) is 0 Å². The van der Waals surface area contributed by atoms with Crippen molar-refractivity contribution in [1.82, 2.24) is 0 Å². The summed E-state index contributed by atoms with van der Waals surface area (Å²) >= 11 is -0.259. The molecule has 1 heterocycles. The molecule has 0 atom stereocenters. The van der Waals surface area contributed by atoms with Gasteiger partial charge in [0.25, 0.3) is 0 Å². The Balaban J connectivity index is 2.61. The molecule has 0 aromatic rings. The van der Waals surface area contributed by atoms with E-state index in [0.29, 0.717) is 0 Å². The van der Waals surface area contributed by atoms with Gasteiger partial charge in [-0.1, -0.05) is 0 Å². The van der Waals surface area contributed by atoms with Crippen molar-refractivity contribution in [3.63, 3.8) is 0 Å². The molecule has 0 bridgehead atoms. The third-order valence-corrected chi connectivity index (χ3v) is 4.57. The van der Waals surface area contributed by atoms with Crippen LogP contribution in [0, 0.1) is 0 Å². The molecule has 6 heavy (non-hydrogen) atoms. The summed E-state index contributed by atoms with van der Waals surface area (Å²) in [5.74, 6) is 0. The molecule has 0 spiro atoms. The van der Waals surface area contributed by atoms with E-state index in [1.54, 1.807) is 3.28 Å². The average molecular weight is 276 g/mol. The van der Waals surface area contributed by atoms with Crippen molar-refractivity contribution in [2.75, 3.05) is 0 Å². The van der Waals surface area contributed by atoms with Crippen molar-refractivity contribution >= 4 is 23.2 Å². The Morgan fingerprint density at radius 3 is 2.67 bits per heavy atom. The van der Waals surface area contributed by atoms with Gasteiger partial charge in [0.05, 0.1) is 0 Å². The minimum atomic E-state index is -0.259. The molecule has 0 unspecified atom stereocenters. The molecule has 0 nitrogen and oxygen atoms in total. The molecule has 0 radical (unpaired) electrons. The van der Waals surface area contributed by atoms with E-state index >= 15 is 0 Å². The summed E-state index contributed by atoms with van der Waals surface area (Å²) in [6.07, 6.45) is 4.40. The summed E-state index contributed by atoms with van der Waals surface area (Å²) in [4.78, 5) is 0. The Morgan fingerprint density at radius 2 is 2.50 bits per heavy atom. The fraction of sp³-hybridized carbons (Fsp3) is 0.200. The van der Waals surface area contributed by atoms with E-state index in [0.717, 1.165) is 0 Å². The van der Waals surface area contributed by atoms with Gasteiger partial charge in [-0.3, -0.25) is 0 Å². The molecule has 0 N–H and O–H groups in total. The van der Waals surface area contributed by atoms with Crippen LogP contribution in [0.4, 0.5) is 0 Å². The Hall–Kier alpha value is 0.363. The van der Waals surface area contributed by atoms with Gasteiger partial charge >= 0.3 is 49.4 Å². The molecule has 0 fully saturated rings. The standard InChI is InChI=1S/C5H6.Bi.H/c1-3-5-4-2;;/h1,3,5H,2H3;;. The average Bonchev–Trinajstić information content (AvgIpc) is 1.86. The van der Waals surface area contributed by atoms with Crippen molar-refractivity contribution in [3.8, 4) is 0 Å². The first kappa shape index (κ1) is 4.52. The summed E-state index contributed by atoms with van der Waals surface area (Å²) in [7, 11) is 0. The Labute approximate surface area is 49.5 Å². The van der Waals surface area contributed by atoms with E-state index in [1.807, 2.05) is 0 Å². The van der Waals surface area contributed by atoms with Crippen LogP contribution in [0.5, 0.6) is 0 Å². The maximum atomic E-state index is 2.36. The molecule has 0 aromatic carbocycles. The predicted molar refractivity (Wildman–Crippen MR) is 30.0 cm³/mol. The van der Waals surface area contributed by atoms with Gasteiger partial charge < -0.3 is 0 Å². The van der Waals surface area contributed by atoms with E-state index in [9.17, 15) is 0 Å². The predicted octanol–water partition coefficient (Wildman–Crippen LogP) is 0.854. The van der Waals surface area contributed by atoms with Crippen LogP contribution in [0.1, 0.15) is 6.92 Å². The first-order valence-electron chi connectivity index (χ1n) is 1.99. The van der Waals surface area contributed by atoms with Crippen molar-refractivity contribution < 1.29 is 0 Å². The zero-order valence-electron chi connectivity index (χ0n) is 3.73. The zero-order chi connectivity index (χ0) is 4.41. The number of hydrogen-bond donors (Lipinski definition) is 0. The number of allylic oxidation sites excluding steroid dienone is 3. The normalized spacial score (nSPS) is 18.5. The van der Waals surface area contributed by atoms with Gasteiger partial charge in [0.2, 0.25) is 0 Å². The molecule has 0 saturated heterocycles. The van der Waals surface area contributed by atoms with Gasteiger partial charge in [-0.2, -0.15) is 0 Å². The van der Waals surface area contributed by atoms with E-state index in [2.05, 4.69) is 22.9 Å². The summed E-state index contributed by atoms with van der Waals surface area (Å²) in [6, 6.07) is 0. The van der Waals surface area contributed by atoms with Crippen LogP contribution in [0.25, 0.3) is 0 Å². The summed E-state index contributed by atoms with van der Waals surface area (Å²) in [5, 5.41) is 0. The zero-order valence-corrected chi connectivity index (χ0v) is 7.62. The fourth-order valence-corrected chi connectivity index (χ4v) is 2.94. The summed E-state index contributed by atoms with van der Waals surface area (Å²) in [6.45, 7) is 2.23. The van der Waals surface area contributed by atoms with E-state index < -0.39 is 0 Å². The van der Waals surface area contributed by atoms with Crippen molar-refractivity contribution in [1.29, 1.82) is 0 Å². The first-order chi connectivity index (χ1) is 2.89. The minimum absolute atomic E-state index is 0.259. The molecular weight excluding hydrogens is 269 g/mol. The molecule has 0 aliphatic carbocycles. The molecule has 1 aliphatic heterocycles. The van der Waals surface area contributed by atoms with Crippen molar-refractivity contribution in [2.24, 2.45) is 0 Å². The van der Waals surface area contributed by atoms with E-state index in [1.165, 1.54) is 0 Å². The third-order valence-electron chi connectivity index (χ3n) is 0.753. The Morgan fingerprint density at radius 1 is 1.67 bits per heavy atom. The van der Waals surface area contributed by atoms with Crippen LogP contribution < -0.4 is 0 Å². The molecule has 1 heteroatoms. The van der Waals surface area contributed by atoms with Gasteiger partial charge in [-0.15, -0.1) is 0 Å². The fourth-order valence-electron chi connectivity index (χ4n) is 0.420. The quantitative estimate of drug-likeness (QED) is 0.576. The van der Waals surface area contributed by atoms with Crippen LogP contribution in [0.3, 0.4) is 0 Å². The second kappa shape index (κ2) is 1.88. The van der Waals surface area contributed by atoms with Gasteiger partial charge in [-0.25, -0.2) is 0 Å². The van der Waals surface area contributed by atoms with E-state index in [-0.39, 0.29) is 23.2 Å². The Kier molecular flexibility index (Phi) is 1.42. The monoisotopic (exact) mass is 276 g/mol. The van der Waals surface area contributed by atoms with Gasteiger partial charge in [0.15, 0.2) is 0 Å². The van der Waals surface area contributed by atoms with Gasteiger partial charge in [-0.05, 0) is 0 Å². The number of hydrogen-bond acceptors (Lipinski definition) is 0. The molecule has 1 rings (SSSR count).